The molecule has 18 heavy (non-hydrogen) atoms. The molecule has 1 aromatic rings. The lowest BCUT2D eigenvalue weighted by Gasteiger charge is -2.04. The second-order valence-electron chi connectivity index (χ2n) is 3.88. The van der Waals surface area contributed by atoms with Crippen molar-refractivity contribution in [3.63, 3.8) is 0 Å². The Morgan fingerprint density at radius 3 is 2.50 bits per heavy atom. The fraction of sp³-hybridized carbons (Fsp3) is 0.333. The number of epoxide rings is 1. The van der Waals surface area contributed by atoms with Crippen molar-refractivity contribution < 1.29 is 24.2 Å². The second kappa shape index (κ2) is 5.05. The van der Waals surface area contributed by atoms with Gasteiger partial charge in [-0.25, -0.2) is 4.79 Å². The number of hydrogen-bond donors (Lipinski definition) is 2. The average Bonchev–Trinajstić information content (AvgIpc) is 3.17. The Morgan fingerprint density at radius 1 is 1.33 bits per heavy atom. The Labute approximate surface area is 104 Å². The minimum atomic E-state index is -1.11. The molecule has 6 nitrogen and oxygen atoms in total. The summed E-state index contributed by atoms with van der Waals surface area (Å²) in [6, 6.07) is 7.22. The largest absolute Gasteiger partial charge is 0.497 e. The molecule has 2 atom stereocenters. The van der Waals surface area contributed by atoms with Gasteiger partial charge in [0.15, 0.2) is 12.2 Å². The Kier molecular flexibility index (Phi) is 3.47. The van der Waals surface area contributed by atoms with E-state index >= 15 is 0 Å². The number of carboxylic acid groups (broad SMARTS) is 1. The van der Waals surface area contributed by atoms with Crippen LogP contribution in [0.4, 0.5) is 0 Å². The molecule has 0 saturated carbocycles. The monoisotopic (exact) mass is 251 g/mol. The van der Waals surface area contributed by atoms with Gasteiger partial charge in [0.1, 0.15) is 5.75 Å². The van der Waals surface area contributed by atoms with Gasteiger partial charge < -0.3 is 19.9 Å². The van der Waals surface area contributed by atoms with Gasteiger partial charge in [0.2, 0.25) is 0 Å². The van der Waals surface area contributed by atoms with Crippen molar-refractivity contribution in [2.24, 2.45) is 0 Å². The van der Waals surface area contributed by atoms with E-state index in [1.54, 1.807) is 19.2 Å². The highest BCUT2D eigenvalue weighted by atomic mass is 16.6. The third-order valence-electron chi connectivity index (χ3n) is 2.62. The van der Waals surface area contributed by atoms with Crippen LogP contribution in [0.25, 0.3) is 0 Å². The summed E-state index contributed by atoms with van der Waals surface area (Å²) in [4.78, 5) is 22.0. The Morgan fingerprint density at radius 2 is 2.00 bits per heavy atom. The summed E-state index contributed by atoms with van der Waals surface area (Å²) in [6.07, 6.45) is -1.86. The van der Waals surface area contributed by atoms with Gasteiger partial charge in [-0.1, -0.05) is 12.1 Å². The lowest BCUT2D eigenvalue weighted by molar-refractivity contribution is -0.138. The van der Waals surface area contributed by atoms with Gasteiger partial charge in [-0.15, -0.1) is 0 Å². The van der Waals surface area contributed by atoms with Crippen LogP contribution >= 0.6 is 0 Å². The number of ether oxygens (including phenoxy) is 2. The summed E-state index contributed by atoms with van der Waals surface area (Å²) in [5, 5.41) is 11.2. The number of carbonyl (C=O) groups is 2. The summed E-state index contributed by atoms with van der Waals surface area (Å²) in [5.74, 6) is -0.778. The van der Waals surface area contributed by atoms with E-state index in [4.69, 9.17) is 14.6 Å². The van der Waals surface area contributed by atoms with E-state index in [1.807, 2.05) is 12.1 Å². The highest BCUT2D eigenvalue weighted by Crippen LogP contribution is 2.22. The van der Waals surface area contributed by atoms with Crippen LogP contribution in [0.3, 0.4) is 0 Å². The Balaban J connectivity index is 1.81. The van der Waals surface area contributed by atoms with Crippen LogP contribution < -0.4 is 10.1 Å². The molecular weight excluding hydrogens is 238 g/mol. The summed E-state index contributed by atoms with van der Waals surface area (Å²) < 4.78 is 9.74. The van der Waals surface area contributed by atoms with Gasteiger partial charge >= 0.3 is 5.97 Å². The molecule has 1 aliphatic heterocycles. The molecule has 1 amide bonds. The molecule has 0 spiro atoms. The van der Waals surface area contributed by atoms with E-state index in [-0.39, 0.29) is 0 Å². The molecular formula is C12H13NO5. The molecule has 1 fully saturated rings. The number of nitrogens with one attached hydrogen (secondary N) is 1. The predicted molar refractivity (Wildman–Crippen MR) is 61.1 cm³/mol. The van der Waals surface area contributed by atoms with E-state index in [1.165, 1.54) is 0 Å². The first kappa shape index (κ1) is 12.4. The van der Waals surface area contributed by atoms with Crippen molar-refractivity contribution in [1.29, 1.82) is 0 Å². The van der Waals surface area contributed by atoms with Crippen molar-refractivity contribution in [3.8, 4) is 5.75 Å². The molecule has 6 heteroatoms. The zero-order chi connectivity index (χ0) is 13.1. The number of benzene rings is 1. The van der Waals surface area contributed by atoms with Crippen LogP contribution in [-0.2, 0) is 20.9 Å². The molecule has 1 heterocycles. The van der Waals surface area contributed by atoms with Crippen molar-refractivity contribution in [2.75, 3.05) is 7.11 Å². The maximum absolute atomic E-state index is 11.5. The van der Waals surface area contributed by atoms with E-state index in [9.17, 15) is 9.59 Å². The molecule has 1 aromatic carbocycles. The highest BCUT2D eigenvalue weighted by molar-refractivity contribution is 5.91. The molecule has 96 valence electrons. The normalized spacial score (nSPS) is 21.2. The summed E-state index contributed by atoms with van der Waals surface area (Å²) in [6.45, 7) is 0.328. The number of aliphatic carboxylic acids is 1. The van der Waals surface area contributed by atoms with Gasteiger partial charge in [-0.2, -0.15) is 0 Å². The van der Waals surface area contributed by atoms with Gasteiger partial charge in [0.05, 0.1) is 7.11 Å². The number of carbonyl (C=O) groups excluding carboxylic acids is 1. The molecule has 0 radical (unpaired) electrons. The number of methoxy groups -OCH3 is 1. The maximum atomic E-state index is 11.5. The van der Waals surface area contributed by atoms with E-state index in [0.29, 0.717) is 6.54 Å². The summed E-state index contributed by atoms with van der Waals surface area (Å²) in [7, 11) is 1.58. The number of rotatable bonds is 5. The average molecular weight is 251 g/mol. The molecule has 1 aliphatic rings. The van der Waals surface area contributed by atoms with Crippen LogP contribution in [0.2, 0.25) is 0 Å². The molecule has 2 N–H and O–H groups in total. The van der Waals surface area contributed by atoms with E-state index in [2.05, 4.69) is 5.32 Å². The third kappa shape index (κ3) is 2.78. The van der Waals surface area contributed by atoms with Crippen molar-refractivity contribution in [1.82, 2.24) is 5.32 Å². The fourth-order valence-electron chi connectivity index (χ4n) is 1.53. The first-order valence-corrected chi connectivity index (χ1v) is 5.40. The van der Waals surface area contributed by atoms with Crippen molar-refractivity contribution >= 4 is 11.9 Å². The first-order chi connectivity index (χ1) is 8.61. The van der Waals surface area contributed by atoms with Gasteiger partial charge in [0.25, 0.3) is 5.91 Å². The van der Waals surface area contributed by atoms with Crippen molar-refractivity contribution in [2.45, 2.75) is 18.8 Å². The highest BCUT2D eigenvalue weighted by Gasteiger charge is 2.50. The van der Waals surface area contributed by atoms with Gasteiger partial charge in [-0.05, 0) is 17.7 Å². The standard InChI is InChI=1S/C12H13NO5/c1-17-8-4-2-7(3-5-8)6-13-11(14)9-10(18-9)12(15)16/h2-5,9-10H,6H2,1H3,(H,13,14)(H,15,16). The molecule has 0 aliphatic carbocycles. The van der Waals surface area contributed by atoms with Crippen LogP contribution in [-0.4, -0.2) is 36.3 Å². The number of carboxylic acids is 1. The number of hydrogen-bond acceptors (Lipinski definition) is 4. The first-order valence-electron chi connectivity index (χ1n) is 5.40. The summed E-state index contributed by atoms with van der Waals surface area (Å²) >= 11 is 0. The Hall–Kier alpha value is -2.08. The third-order valence-corrected chi connectivity index (χ3v) is 2.62. The molecule has 0 aromatic heterocycles. The summed E-state index contributed by atoms with van der Waals surface area (Å²) in [5.41, 5.74) is 0.900. The van der Waals surface area contributed by atoms with Crippen molar-refractivity contribution in [3.05, 3.63) is 29.8 Å². The molecule has 2 rings (SSSR count). The topological polar surface area (TPSA) is 88.2 Å². The Bertz CT molecular complexity index is 456. The lowest BCUT2D eigenvalue weighted by Crippen LogP contribution is -2.29. The SMILES string of the molecule is COc1ccc(CNC(=O)C2OC2C(=O)O)cc1. The fourth-order valence-corrected chi connectivity index (χ4v) is 1.53. The molecule has 0 bridgehead atoms. The maximum Gasteiger partial charge on any atom is 0.336 e. The van der Waals surface area contributed by atoms with Gasteiger partial charge in [-0.3, -0.25) is 4.79 Å². The quantitative estimate of drug-likeness (QED) is 0.728. The van der Waals surface area contributed by atoms with E-state index in [0.717, 1.165) is 11.3 Å². The zero-order valence-electron chi connectivity index (χ0n) is 9.75. The molecule has 2 unspecified atom stereocenters. The van der Waals surface area contributed by atoms with Crippen LogP contribution in [0.5, 0.6) is 5.75 Å². The minimum Gasteiger partial charge on any atom is -0.497 e. The lowest BCUT2D eigenvalue weighted by atomic mass is 10.2. The molecule has 1 saturated heterocycles. The smallest absolute Gasteiger partial charge is 0.336 e. The minimum absolute atomic E-state index is 0.328. The predicted octanol–water partition coefficient (Wildman–Crippen LogP) is 0.163. The second-order valence-corrected chi connectivity index (χ2v) is 3.88. The zero-order valence-corrected chi connectivity index (χ0v) is 9.75. The van der Waals surface area contributed by atoms with Crippen LogP contribution in [0, 0.1) is 0 Å². The van der Waals surface area contributed by atoms with Crippen LogP contribution in [0.1, 0.15) is 5.56 Å². The van der Waals surface area contributed by atoms with Gasteiger partial charge in [0, 0.05) is 6.54 Å². The van der Waals surface area contributed by atoms with Crippen LogP contribution in [0.15, 0.2) is 24.3 Å². The number of amides is 1. The van der Waals surface area contributed by atoms with E-state index < -0.39 is 24.1 Å².